The van der Waals surface area contributed by atoms with Gasteiger partial charge in [-0.3, -0.25) is 10.1 Å². The largest absolute Gasteiger partial charge is 0.480 e. The van der Waals surface area contributed by atoms with Gasteiger partial charge >= 0.3 is 5.97 Å². The van der Waals surface area contributed by atoms with Gasteiger partial charge < -0.3 is 10.0 Å². The van der Waals surface area contributed by atoms with Crippen molar-refractivity contribution in [3.63, 3.8) is 0 Å². The quantitative estimate of drug-likeness (QED) is 0.758. The first-order chi connectivity index (χ1) is 9.92. The maximum absolute atomic E-state index is 11.5. The number of nitrogens with one attached hydrogen (secondary N) is 1. The average molecular weight is 296 g/mol. The summed E-state index contributed by atoms with van der Waals surface area (Å²) in [7, 11) is 0. The second-order valence-electron chi connectivity index (χ2n) is 7.48. The fourth-order valence-electron chi connectivity index (χ4n) is 4.35. The van der Waals surface area contributed by atoms with E-state index in [4.69, 9.17) is 0 Å². The Bertz CT molecular complexity index is 359. The highest BCUT2D eigenvalue weighted by molar-refractivity contribution is 5.78. The zero-order chi connectivity index (χ0) is 15.5. The molecule has 0 amide bonds. The minimum absolute atomic E-state index is 0.195. The Balaban J connectivity index is 1.83. The van der Waals surface area contributed by atoms with Crippen molar-refractivity contribution in [3.8, 4) is 0 Å². The average Bonchev–Trinajstić information content (AvgIpc) is 2.86. The van der Waals surface area contributed by atoms with Crippen LogP contribution in [0.5, 0.6) is 0 Å². The summed E-state index contributed by atoms with van der Waals surface area (Å²) >= 11 is 0. The molecule has 1 heterocycles. The number of aliphatic carboxylic acids is 1. The van der Waals surface area contributed by atoms with E-state index in [2.05, 4.69) is 10.2 Å². The fraction of sp³-hybridized carbons (Fsp3) is 0.941. The third-order valence-corrected chi connectivity index (χ3v) is 5.31. The Kier molecular flexibility index (Phi) is 5.67. The molecule has 0 radical (unpaired) electrons. The highest BCUT2D eigenvalue weighted by Crippen LogP contribution is 2.36. The van der Waals surface area contributed by atoms with Crippen molar-refractivity contribution in [1.29, 1.82) is 0 Å². The summed E-state index contributed by atoms with van der Waals surface area (Å²) in [5, 5.41) is 12.7. The molecular formula is C17H32N2O2. The van der Waals surface area contributed by atoms with Gasteiger partial charge in [-0.1, -0.05) is 6.42 Å². The number of fused-ring (bicyclic) bond motifs is 1. The van der Waals surface area contributed by atoms with Crippen LogP contribution in [-0.2, 0) is 4.79 Å². The molecule has 1 saturated heterocycles. The van der Waals surface area contributed by atoms with Gasteiger partial charge in [0.15, 0.2) is 0 Å². The molecule has 3 unspecified atom stereocenters. The van der Waals surface area contributed by atoms with Gasteiger partial charge in [0, 0.05) is 12.1 Å². The predicted molar refractivity (Wildman–Crippen MR) is 85.5 cm³/mol. The van der Waals surface area contributed by atoms with Gasteiger partial charge in [0.25, 0.3) is 0 Å². The molecule has 122 valence electrons. The molecule has 1 aliphatic heterocycles. The number of likely N-dealkylation sites (tertiary alicyclic amines) is 1. The molecule has 0 spiro atoms. The molecule has 0 bridgehead atoms. The van der Waals surface area contributed by atoms with Crippen LogP contribution in [0.1, 0.15) is 65.7 Å². The minimum Gasteiger partial charge on any atom is -0.480 e. The first-order valence-electron chi connectivity index (χ1n) is 8.67. The van der Waals surface area contributed by atoms with E-state index in [1.54, 1.807) is 0 Å². The van der Waals surface area contributed by atoms with E-state index in [9.17, 15) is 9.90 Å². The van der Waals surface area contributed by atoms with Crippen molar-refractivity contribution in [1.82, 2.24) is 10.2 Å². The summed E-state index contributed by atoms with van der Waals surface area (Å²) < 4.78 is 0. The summed E-state index contributed by atoms with van der Waals surface area (Å²) in [5.74, 6) is 0.187. The van der Waals surface area contributed by atoms with Crippen molar-refractivity contribution in [3.05, 3.63) is 0 Å². The van der Waals surface area contributed by atoms with Gasteiger partial charge in [0.05, 0.1) is 0 Å². The van der Waals surface area contributed by atoms with Crippen molar-refractivity contribution in [2.75, 3.05) is 13.1 Å². The van der Waals surface area contributed by atoms with Gasteiger partial charge in [-0.15, -0.1) is 0 Å². The predicted octanol–water partition coefficient (Wildman–Crippen LogP) is 2.87. The van der Waals surface area contributed by atoms with Crippen LogP contribution in [0.25, 0.3) is 0 Å². The lowest BCUT2D eigenvalue weighted by Crippen LogP contribution is -2.53. The van der Waals surface area contributed by atoms with Gasteiger partial charge in [-0.05, 0) is 78.3 Å². The van der Waals surface area contributed by atoms with Crippen LogP contribution in [0.2, 0.25) is 0 Å². The zero-order valence-electron chi connectivity index (χ0n) is 13.9. The number of nitrogens with zero attached hydrogens (tertiary/aromatic N) is 1. The van der Waals surface area contributed by atoms with E-state index in [1.807, 2.05) is 20.8 Å². The van der Waals surface area contributed by atoms with E-state index >= 15 is 0 Å². The van der Waals surface area contributed by atoms with E-state index in [0.29, 0.717) is 6.42 Å². The van der Waals surface area contributed by atoms with E-state index < -0.39 is 11.5 Å². The highest BCUT2D eigenvalue weighted by atomic mass is 16.4. The maximum atomic E-state index is 11.5. The Hall–Kier alpha value is -0.610. The minimum atomic E-state index is -0.793. The number of rotatable bonds is 7. The van der Waals surface area contributed by atoms with Crippen molar-refractivity contribution in [2.24, 2.45) is 5.92 Å². The number of piperidine rings is 1. The first-order valence-corrected chi connectivity index (χ1v) is 8.67. The SMILES string of the molecule is CC(C)NC(C)(CCCN1CCCC2CCCC21)C(=O)O. The van der Waals surface area contributed by atoms with E-state index in [-0.39, 0.29) is 6.04 Å². The third kappa shape index (κ3) is 4.19. The van der Waals surface area contributed by atoms with E-state index in [0.717, 1.165) is 24.9 Å². The van der Waals surface area contributed by atoms with Crippen LogP contribution in [-0.4, -0.2) is 46.7 Å². The van der Waals surface area contributed by atoms with Crippen LogP contribution < -0.4 is 5.32 Å². The molecule has 21 heavy (non-hydrogen) atoms. The second kappa shape index (κ2) is 7.10. The molecule has 0 aromatic carbocycles. The van der Waals surface area contributed by atoms with Gasteiger partial charge in [-0.25, -0.2) is 0 Å². The van der Waals surface area contributed by atoms with E-state index in [1.165, 1.54) is 38.6 Å². The molecule has 2 rings (SSSR count). The smallest absolute Gasteiger partial charge is 0.323 e. The van der Waals surface area contributed by atoms with Crippen LogP contribution in [0.3, 0.4) is 0 Å². The van der Waals surface area contributed by atoms with Gasteiger partial charge in [0.1, 0.15) is 5.54 Å². The molecule has 4 heteroatoms. The van der Waals surface area contributed by atoms with Gasteiger partial charge in [-0.2, -0.15) is 0 Å². The summed E-state index contributed by atoms with van der Waals surface area (Å²) in [6, 6.07) is 0.980. The maximum Gasteiger partial charge on any atom is 0.323 e. The number of carboxylic acids is 1. The first kappa shape index (κ1) is 16.8. The molecule has 4 nitrogen and oxygen atoms in total. The lowest BCUT2D eigenvalue weighted by Gasteiger charge is -2.38. The Morgan fingerprint density at radius 1 is 1.33 bits per heavy atom. The zero-order valence-corrected chi connectivity index (χ0v) is 13.9. The third-order valence-electron chi connectivity index (χ3n) is 5.31. The normalized spacial score (nSPS) is 29.3. The standard InChI is InChI=1S/C17H32N2O2/c1-13(2)18-17(3,16(20)21)10-6-12-19-11-5-8-14-7-4-9-15(14)19/h13-15,18H,4-12H2,1-3H3,(H,20,21). The Morgan fingerprint density at radius 3 is 2.71 bits per heavy atom. The topological polar surface area (TPSA) is 52.6 Å². The van der Waals surface area contributed by atoms with Crippen molar-refractivity contribution >= 4 is 5.97 Å². The molecule has 2 aliphatic rings. The number of hydrogen-bond acceptors (Lipinski definition) is 3. The monoisotopic (exact) mass is 296 g/mol. The highest BCUT2D eigenvalue weighted by Gasteiger charge is 2.36. The molecule has 1 saturated carbocycles. The van der Waals surface area contributed by atoms with Crippen LogP contribution in [0.4, 0.5) is 0 Å². The number of hydrogen-bond donors (Lipinski definition) is 2. The molecular weight excluding hydrogens is 264 g/mol. The van der Waals surface area contributed by atoms with Crippen LogP contribution in [0.15, 0.2) is 0 Å². The van der Waals surface area contributed by atoms with Crippen molar-refractivity contribution in [2.45, 2.75) is 83.3 Å². The lowest BCUT2D eigenvalue weighted by atomic mass is 9.90. The molecule has 2 fully saturated rings. The number of carboxylic acid groups (broad SMARTS) is 1. The Labute approximate surface area is 129 Å². The Morgan fingerprint density at radius 2 is 2.05 bits per heavy atom. The molecule has 3 atom stereocenters. The number of carbonyl (C=O) groups is 1. The second-order valence-corrected chi connectivity index (χ2v) is 7.48. The fourth-order valence-corrected chi connectivity index (χ4v) is 4.35. The summed E-state index contributed by atoms with van der Waals surface area (Å²) in [4.78, 5) is 14.2. The molecule has 0 aromatic rings. The van der Waals surface area contributed by atoms with Gasteiger partial charge in [0.2, 0.25) is 0 Å². The van der Waals surface area contributed by atoms with Crippen molar-refractivity contribution < 1.29 is 9.90 Å². The molecule has 0 aromatic heterocycles. The van der Waals surface area contributed by atoms with Crippen LogP contribution >= 0.6 is 0 Å². The summed E-state index contributed by atoms with van der Waals surface area (Å²) in [6.07, 6.45) is 8.53. The summed E-state index contributed by atoms with van der Waals surface area (Å²) in [6.45, 7) is 8.11. The lowest BCUT2D eigenvalue weighted by molar-refractivity contribution is -0.144. The summed E-state index contributed by atoms with van der Waals surface area (Å²) in [5.41, 5.74) is -0.793. The van der Waals surface area contributed by atoms with Crippen LogP contribution in [0, 0.1) is 5.92 Å². The molecule has 2 N–H and O–H groups in total. The molecule has 1 aliphatic carbocycles.